The third-order valence-corrected chi connectivity index (χ3v) is 4.36. The maximum Gasteiger partial charge on any atom is 0.419 e. The lowest BCUT2D eigenvalue weighted by Crippen LogP contribution is -2.49. The van der Waals surface area contributed by atoms with E-state index in [2.05, 4.69) is 0 Å². The Kier molecular flexibility index (Phi) is 5.74. The van der Waals surface area contributed by atoms with Crippen LogP contribution in [-0.2, 0) is 11.0 Å². The van der Waals surface area contributed by atoms with Gasteiger partial charge in [-0.1, -0.05) is 12.1 Å². The van der Waals surface area contributed by atoms with Gasteiger partial charge < -0.3 is 15.4 Å². The summed E-state index contributed by atoms with van der Waals surface area (Å²) in [6, 6.07) is 4.89. The molecule has 4 nitrogen and oxygen atoms in total. The first kappa shape index (κ1) is 18.6. The number of rotatable bonds is 4. The van der Waals surface area contributed by atoms with Crippen molar-refractivity contribution in [2.24, 2.45) is 11.7 Å². The zero-order valence-corrected chi connectivity index (χ0v) is 13.8. The van der Waals surface area contributed by atoms with Gasteiger partial charge in [0.25, 0.3) is 5.91 Å². The molecule has 0 aliphatic carbocycles. The standard InChI is InChI=1S/C17H23F3N2O2/c1-11(21)13-6-5-9-22(10-13)16(23)12(2)24-15-8-4-3-7-14(15)17(18,19)20/h3-4,7-8,11-13H,5-6,9-10,21H2,1-2H3/t11-,12-,13+/m0/s1. The minimum absolute atomic E-state index is 0.0252. The Bertz CT molecular complexity index is 575. The number of amides is 1. The highest BCUT2D eigenvalue weighted by Crippen LogP contribution is 2.36. The number of para-hydroxylation sites is 1. The van der Waals surface area contributed by atoms with Crippen LogP contribution in [-0.4, -0.2) is 36.0 Å². The molecule has 1 fully saturated rings. The highest BCUT2D eigenvalue weighted by molar-refractivity contribution is 5.81. The number of carbonyl (C=O) groups is 1. The molecule has 7 heteroatoms. The SMILES string of the molecule is C[C@H](Oc1ccccc1C(F)(F)F)C(=O)N1CCC[C@@H]([C@H](C)N)C1. The van der Waals surface area contributed by atoms with E-state index in [1.54, 1.807) is 4.90 Å². The van der Waals surface area contributed by atoms with Crippen molar-refractivity contribution < 1.29 is 22.7 Å². The normalized spacial score (nSPS) is 21.2. The number of hydrogen-bond donors (Lipinski definition) is 1. The van der Waals surface area contributed by atoms with Crippen LogP contribution in [0.3, 0.4) is 0 Å². The van der Waals surface area contributed by atoms with Crippen molar-refractivity contribution in [1.82, 2.24) is 4.90 Å². The third kappa shape index (κ3) is 4.41. The summed E-state index contributed by atoms with van der Waals surface area (Å²) in [4.78, 5) is 14.1. The summed E-state index contributed by atoms with van der Waals surface area (Å²) in [5.74, 6) is -0.429. The number of nitrogens with zero attached hydrogens (tertiary/aromatic N) is 1. The summed E-state index contributed by atoms with van der Waals surface area (Å²) in [5, 5.41) is 0. The second-order valence-electron chi connectivity index (χ2n) is 6.30. The second kappa shape index (κ2) is 7.42. The molecule has 0 unspecified atom stereocenters. The first-order chi connectivity index (χ1) is 11.2. The second-order valence-corrected chi connectivity index (χ2v) is 6.30. The van der Waals surface area contributed by atoms with E-state index in [-0.39, 0.29) is 23.6 Å². The molecule has 0 aromatic heterocycles. The fourth-order valence-electron chi connectivity index (χ4n) is 2.94. The highest BCUT2D eigenvalue weighted by Gasteiger charge is 2.35. The smallest absolute Gasteiger partial charge is 0.419 e. The van der Waals surface area contributed by atoms with Crippen LogP contribution in [0.25, 0.3) is 0 Å². The van der Waals surface area contributed by atoms with E-state index in [0.717, 1.165) is 18.9 Å². The molecule has 2 N–H and O–H groups in total. The number of piperidine rings is 1. The summed E-state index contributed by atoms with van der Waals surface area (Å²) < 4.78 is 44.4. The summed E-state index contributed by atoms with van der Waals surface area (Å²) >= 11 is 0. The summed E-state index contributed by atoms with van der Waals surface area (Å²) in [6.45, 7) is 4.48. The van der Waals surface area contributed by atoms with Crippen molar-refractivity contribution in [3.05, 3.63) is 29.8 Å². The highest BCUT2D eigenvalue weighted by atomic mass is 19.4. The van der Waals surface area contributed by atoms with Crippen molar-refractivity contribution in [3.8, 4) is 5.75 Å². The molecule has 0 spiro atoms. The molecule has 0 bridgehead atoms. The van der Waals surface area contributed by atoms with Gasteiger partial charge in [0.15, 0.2) is 6.10 Å². The summed E-state index contributed by atoms with van der Waals surface area (Å²) in [7, 11) is 0. The minimum atomic E-state index is -4.52. The molecule has 1 heterocycles. The summed E-state index contributed by atoms with van der Waals surface area (Å²) in [5.41, 5.74) is 5.02. The van der Waals surface area contributed by atoms with Gasteiger partial charge in [-0.3, -0.25) is 4.79 Å². The molecule has 1 saturated heterocycles. The molecular weight excluding hydrogens is 321 g/mol. The Hall–Kier alpha value is -1.76. The molecular formula is C17H23F3N2O2. The lowest BCUT2D eigenvalue weighted by atomic mass is 9.92. The Balaban J connectivity index is 2.07. The molecule has 134 valence electrons. The van der Waals surface area contributed by atoms with Crippen LogP contribution in [0, 0.1) is 5.92 Å². The van der Waals surface area contributed by atoms with Crippen molar-refractivity contribution in [3.63, 3.8) is 0 Å². The van der Waals surface area contributed by atoms with E-state index >= 15 is 0 Å². The number of nitrogens with two attached hydrogens (primary N) is 1. The predicted octanol–water partition coefficient (Wildman–Crippen LogP) is 3.06. The van der Waals surface area contributed by atoms with E-state index in [4.69, 9.17) is 10.5 Å². The van der Waals surface area contributed by atoms with Gasteiger partial charge >= 0.3 is 6.18 Å². The van der Waals surface area contributed by atoms with Crippen LogP contribution in [0.2, 0.25) is 0 Å². The Morgan fingerprint density at radius 3 is 2.62 bits per heavy atom. The Morgan fingerprint density at radius 2 is 2.00 bits per heavy atom. The minimum Gasteiger partial charge on any atom is -0.480 e. The first-order valence-electron chi connectivity index (χ1n) is 8.07. The maximum atomic E-state index is 13.0. The van der Waals surface area contributed by atoms with E-state index in [1.165, 1.54) is 25.1 Å². The van der Waals surface area contributed by atoms with Gasteiger partial charge in [0.1, 0.15) is 5.75 Å². The molecule has 1 aromatic carbocycles. The van der Waals surface area contributed by atoms with Crippen LogP contribution < -0.4 is 10.5 Å². The van der Waals surface area contributed by atoms with Gasteiger partial charge in [0, 0.05) is 19.1 Å². The number of ether oxygens (including phenoxy) is 1. The fourth-order valence-corrected chi connectivity index (χ4v) is 2.94. The Morgan fingerprint density at radius 1 is 1.33 bits per heavy atom. The number of alkyl halides is 3. The quantitative estimate of drug-likeness (QED) is 0.913. The Labute approximate surface area is 139 Å². The zero-order chi connectivity index (χ0) is 17.9. The van der Waals surface area contributed by atoms with E-state index in [1.807, 2.05) is 6.92 Å². The lowest BCUT2D eigenvalue weighted by molar-refractivity contribution is -0.144. The number of hydrogen-bond acceptors (Lipinski definition) is 3. The van der Waals surface area contributed by atoms with Gasteiger partial charge in [0.05, 0.1) is 5.56 Å². The van der Waals surface area contributed by atoms with Crippen LogP contribution in [0.15, 0.2) is 24.3 Å². The number of likely N-dealkylation sites (tertiary alicyclic amines) is 1. The van der Waals surface area contributed by atoms with Crippen LogP contribution >= 0.6 is 0 Å². The third-order valence-electron chi connectivity index (χ3n) is 4.36. The first-order valence-corrected chi connectivity index (χ1v) is 8.07. The van der Waals surface area contributed by atoms with Gasteiger partial charge in [-0.2, -0.15) is 13.2 Å². The van der Waals surface area contributed by atoms with Gasteiger partial charge in [0.2, 0.25) is 0 Å². The van der Waals surface area contributed by atoms with Crippen molar-refractivity contribution in [2.45, 2.75) is 45.0 Å². The van der Waals surface area contributed by atoms with Gasteiger partial charge in [-0.15, -0.1) is 0 Å². The fraction of sp³-hybridized carbons (Fsp3) is 0.588. The zero-order valence-electron chi connectivity index (χ0n) is 13.8. The number of benzene rings is 1. The molecule has 1 aliphatic heterocycles. The van der Waals surface area contributed by atoms with Crippen molar-refractivity contribution in [1.29, 1.82) is 0 Å². The molecule has 1 aliphatic rings. The topological polar surface area (TPSA) is 55.6 Å². The average Bonchev–Trinajstić information content (AvgIpc) is 2.53. The van der Waals surface area contributed by atoms with E-state index in [9.17, 15) is 18.0 Å². The molecule has 1 aromatic rings. The average molecular weight is 344 g/mol. The predicted molar refractivity (Wildman–Crippen MR) is 84.5 cm³/mol. The van der Waals surface area contributed by atoms with Crippen LogP contribution in [0.4, 0.5) is 13.2 Å². The van der Waals surface area contributed by atoms with Crippen molar-refractivity contribution >= 4 is 5.91 Å². The molecule has 24 heavy (non-hydrogen) atoms. The maximum absolute atomic E-state index is 13.0. The molecule has 2 rings (SSSR count). The van der Waals surface area contributed by atoms with Crippen molar-refractivity contribution in [2.75, 3.05) is 13.1 Å². The van der Waals surface area contributed by atoms with Gasteiger partial charge in [-0.25, -0.2) is 0 Å². The van der Waals surface area contributed by atoms with Gasteiger partial charge in [-0.05, 0) is 44.7 Å². The summed E-state index contributed by atoms with van der Waals surface area (Å²) in [6.07, 6.45) is -3.72. The molecule has 3 atom stereocenters. The van der Waals surface area contributed by atoms with E-state index < -0.39 is 17.8 Å². The van der Waals surface area contributed by atoms with E-state index in [0.29, 0.717) is 13.1 Å². The monoisotopic (exact) mass is 344 g/mol. The molecule has 0 saturated carbocycles. The lowest BCUT2D eigenvalue weighted by Gasteiger charge is -2.36. The number of halogens is 3. The number of carbonyl (C=O) groups excluding carboxylic acids is 1. The van der Waals surface area contributed by atoms with Crippen LogP contribution in [0.5, 0.6) is 5.75 Å². The molecule has 0 radical (unpaired) electrons. The molecule has 1 amide bonds. The largest absolute Gasteiger partial charge is 0.480 e. The van der Waals surface area contributed by atoms with Crippen LogP contribution in [0.1, 0.15) is 32.3 Å².